The molecule has 5 nitrogen and oxygen atoms in total. The standard InChI is InChI=1S/C12H16N4OS/c1-2-6-10-8(4-1)15-16-11(9-5-3-7-17-9)13-14-12(16)18-10/h9-10H,1-7H2/t9-,10-/m0/s1. The number of nitrogens with zero attached hydrogens (tertiary/aromatic N) is 4. The molecule has 0 spiro atoms. The third kappa shape index (κ3) is 1.70. The molecule has 0 aromatic carbocycles. The number of hydrogen-bond donors (Lipinski definition) is 0. The van der Waals surface area contributed by atoms with Crippen molar-refractivity contribution in [3.05, 3.63) is 5.82 Å². The van der Waals surface area contributed by atoms with Crippen molar-refractivity contribution < 1.29 is 4.74 Å². The fourth-order valence-electron chi connectivity index (χ4n) is 2.89. The maximum absolute atomic E-state index is 5.70. The maximum atomic E-state index is 5.70. The normalized spacial score (nSPS) is 30.8. The van der Waals surface area contributed by atoms with Crippen molar-refractivity contribution in [2.24, 2.45) is 5.10 Å². The van der Waals surface area contributed by atoms with Crippen molar-refractivity contribution in [1.29, 1.82) is 0 Å². The number of thioether (sulfide) groups is 1. The maximum Gasteiger partial charge on any atom is 0.212 e. The molecule has 6 heteroatoms. The molecule has 2 atom stereocenters. The molecule has 4 rings (SSSR count). The van der Waals surface area contributed by atoms with E-state index in [1.165, 1.54) is 25.0 Å². The summed E-state index contributed by atoms with van der Waals surface area (Å²) in [6, 6.07) is 0. The zero-order valence-corrected chi connectivity index (χ0v) is 11.0. The van der Waals surface area contributed by atoms with Crippen LogP contribution in [0.1, 0.15) is 50.5 Å². The largest absolute Gasteiger partial charge is 0.370 e. The highest BCUT2D eigenvalue weighted by atomic mass is 32.2. The van der Waals surface area contributed by atoms with Gasteiger partial charge in [-0.2, -0.15) is 9.78 Å². The Kier molecular flexibility index (Phi) is 2.65. The molecule has 2 aliphatic heterocycles. The third-order valence-electron chi connectivity index (χ3n) is 3.85. The Bertz CT molecular complexity index is 492. The summed E-state index contributed by atoms with van der Waals surface area (Å²) in [5.41, 5.74) is 1.32. The van der Waals surface area contributed by atoms with Gasteiger partial charge in [-0.15, -0.1) is 10.2 Å². The number of fused-ring (bicyclic) bond motifs is 2. The average molecular weight is 264 g/mol. The van der Waals surface area contributed by atoms with Crippen LogP contribution < -0.4 is 0 Å². The Hall–Kier alpha value is -0.880. The molecule has 0 amide bonds. The number of hydrogen-bond acceptors (Lipinski definition) is 5. The predicted molar refractivity (Wildman–Crippen MR) is 68.9 cm³/mol. The summed E-state index contributed by atoms with van der Waals surface area (Å²) in [4.78, 5) is 0. The van der Waals surface area contributed by atoms with Crippen LogP contribution in [0.2, 0.25) is 0 Å². The van der Waals surface area contributed by atoms with E-state index in [0.717, 1.165) is 36.9 Å². The van der Waals surface area contributed by atoms with Gasteiger partial charge in [-0.05, 0) is 32.1 Å². The molecule has 2 fully saturated rings. The number of rotatable bonds is 1. The summed E-state index contributed by atoms with van der Waals surface area (Å²) in [6.45, 7) is 0.833. The van der Waals surface area contributed by atoms with Gasteiger partial charge in [0.25, 0.3) is 0 Å². The van der Waals surface area contributed by atoms with Gasteiger partial charge in [0.05, 0.1) is 11.0 Å². The van der Waals surface area contributed by atoms with E-state index in [0.29, 0.717) is 5.25 Å². The molecule has 3 aliphatic rings. The molecule has 1 aliphatic carbocycles. The van der Waals surface area contributed by atoms with Crippen LogP contribution in [0.4, 0.5) is 0 Å². The summed E-state index contributed by atoms with van der Waals surface area (Å²) < 4.78 is 7.63. The first-order chi connectivity index (χ1) is 8.92. The molecule has 0 radical (unpaired) electrons. The molecule has 1 aromatic rings. The number of aromatic nitrogens is 3. The van der Waals surface area contributed by atoms with Crippen molar-refractivity contribution in [2.75, 3.05) is 6.61 Å². The van der Waals surface area contributed by atoms with E-state index in [4.69, 9.17) is 9.84 Å². The molecule has 1 saturated carbocycles. The molecule has 0 N–H and O–H groups in total. The van der Waals surface area contributed by atoms with Gasteiger partial charge < -0.3 is 4.74 Å². The highest BCUT2D eigenvalue weighted by molar-refractivity contribution is 8.00. The zero-order valence-electron chi connectivity index (χ0n) is 10.2. The lowest BCUT2D eigenvalue weighted by Crippen LogP contribution is -2.27. The van der Waals surface area contributed by atoms with E-state index in [1.807, 2.05) is 16.4 Å². The van der Waals surface area contributed by atoms with Crippen molar-refractivity contribution in [3.63, 3.8) is 0 Å². The van der Waals surface area contributed by atoms with Gasteiger partial charge >= 0.3 is 0 Å². The van der Waals surface area contributed by atoms with Gasteiger partial charge in [0.1, 0.15) is 6.10 Å². The second-order valence-corrected chi connectivity index (χ2v) is 6.27. The Labute approximate surface area is 110 Å². The lowest BCUT2D eigenvalue weighted by Gasteiger charge is -2.26. The van der Waals surface area contributed by atoms with Crippen molar-refractivity contribution in [2.45, 2.75) is 55.0 Å². The summed E-state index contributed by atoms with van der Waals surface area (Å²) in [6.07, 6.45) is 7.17. The van der Waals surface area contributed by atoms with Crippen LogP contribution in [0.3, 0.4) is 0 Å². The molecular weight excluding hydrogens is 248 g/mol. The lowest BCUT2D eigenvalue weighted by atomic mass is 9.98. The lowest BCUT2D eigenvalue weighted by molar-refractivity contribution is 0.102. The van der Waals surface area contributed by atoms with Crippen LogP contribution in [0, 0.1) is 0 Å². The fourth-order valence-corrected chi connectivity index (χ4v) is 4.05. The van der Waals surface area contributed by atoms with E-state index < -0.39 is 0 Å². The molecule has 18 heavy (non-hydrogen) atoms. The van der Waals surface area contributed by atoms with Gasteiger partial charge in [0, 0.05) is 6.61 Å². The second kappa shape index (κ2) is 4.35. The predicted octanol–water partition coefficient (Wildman–Crippen LogP) is 2.38. The summed E-state index contributed by atoms with van der Waals surface area (Å²) in [5.74, 6) is 0.895. The smallest absolute Gasteiger partial charge is 0.212 e. The van der Waals surface area contributed by atoms with Crippen molar-refractivity contribution in [1.82, 2.24) is 14.9 Å². The Balaban J connectivity index is 1.71. The Morgan fingerprint density at radius 1 is 1.17 bits per heavy atom. The number of ether oxygens (including phenoxy) is 1. The van der Waals surface area contributed by atoms with Gasteiger partial charge in [-0.3, -0.25) is 0 Å². The SMILES string of the molecule is C1CC[C@@H]2Sc3nnc([C@@H]4CCCO4)n3N=C2C1. The van der Waals surface area contributed by atoms with Crippen LogP contribution in [-0.2, 0) is 4.74 Å². The topological polar surface area (TPSA) is 52.3 Å². The van der Waals surface area contributed by atoms with Crippen molar-refractivity contribution in [3.8, 4) is 0 Å². The third-order valence-corrected chi connectivity index (χ3v) is 5.11. The van der Waals surface area contributed by atoms with Gasteiger partial charge in [-0.25, -0.2) is 0 Å². The molecule has 0 unspecified atom stereocenters. The minimum absolute atomic E-state index is 0.0938. The van der Waals surface area contributed by atoms with Gasteiger partial charge in [0.15, 0.2) is 5.82 Å². The highest BCUT2D eigenvalue weighted by Gasteiger charge is 2.32. The van der Waals surface area contributed by atoms with Crippen LogP contribution in [-0.4, -0.2) is 32.4 Å². The molecule has 3 heterocycles. The van der Waals surface area contributed by atoms with E-state index in [2.05, 4.69) is 10.2 Å². The van der Waals surface area contributed by atoms with E-state index in [9.17, 15) is 0 Å². The van der Waals surface area contributed by atoms with Gasteiger partial charge in [0.2, 0.25) is 5.16 Å². The molecule has 96 valence electrons. The fraction of sp³-hybridized carbons (Fsp3) is 0.750. The quantitative estimate of drug-likeness (QED) is 0.781. The first-order valence-corrected chi connectivity index (χ1v) is 7.61. The van der Waals surface area contributed by atoms with Crippen LogP contribution in [0.5, 0.6) is 0 Å². The van der Waals surface area contributed by atoms with Crippen LogP contribution in [0.25, 0.3) is 0 Å². The van der Waals surface area contributed by atoms with E-state index in [-0.39, 0.29) is 6.10 Å². The molecule has 1 aromatic heterocycles. The Morgan fingerprint density at radius 2 is 2.17 bits per heavy atom. The molecular formula is C12H16N4OS. The zero-order chi connectivity index (χ0) is 11.9. The van der Waals surface area contributed by atoms with Crippen LogP contribution >= 0.6 is 11.8 Å². The highest BCUT2D eigenvalue weighted by Crippen LogP contribution is 2.37. The van der Waals surface area contributed by atoms with Gasteiger partial charge in [-0.1, -0.05) is 18.2 Å². The summed E-state index contributed by atoms with van der Waals surface area (Å²) in [5, 5.41) is 14.8. The Morgan fingerprint density at radius 3 is 3.06 bits per heavy atom. The first-order valence-electron chi connectivity index (χ1n) is 6.73. The molecule has 1 saturated heterocycles. The molecule has 0 bridgehead atoms. The van der Waals surface area contributed by atoms with Crippen molar-refractivity contribution >= 4 is 17.5 Å². The summed E-state index contributed by atoms with van der Waals surface area (Å²) >= 11 is 1.82. The summed E-state index contributed by atoms with van der Waals surface area (Å²) in [7, 11) is 0. The second-order valence-electron chi connectivity index (χ2n) is 5.10. The minimum Gasteiger partial charge on any atom is -0.370 e. The van der Waals surface area contributed by atoms with Crippen LogP contribution in [0.15, 0.2) is 10.3 Å². The van der Waals surface area contributed by atoms with E-state index in [1.54, 1.807) is 0 Å². The first kappa shape index (κ1) is 11.0. The monoisotopic (exact) mass is 264 g/mol. The average Bonchev–Trinajstić information content (AvgIpc) is 3.04. The van der Waals surface area contributed by atoms with E-state index >= 15 is 0 Å². The minimum atomic E-state index is 0.0938.